The van der Waals surface area contributed by atoms with E-state index in [1.165, 1.54) is 5.56 Å². The van der Waals surface area contributed by atoms with Crippen LogP contribution in [0.1, 0.15) is 11.1 Å². The molecule has 1 aliphatic heterocycles. The van der Waals surface area contributed by atoms with E-state index >= 15 is 0 Å². The highest BCUT2D eigenvalue weighted by molar-refractivity contribution is 5.82. The van der Waals surface area contributed by atoms with Gasteiger partial charge < -0.3 is 14.4 Å². The highest BCUT2D eigenvalue weighted by atomic mass is 16.5. The molecule has 0 aromatic heterocycles. The van der Waals surface area contributed by atoms with Gasteiger partial charge in [-0.15, -0.1) is 0 Å². The van der Waals surface area contributed by atoms with Gasteiger partial charge in [-0.3, -0.25) is 9.79 Å². The number of carbonyl (C=O) groups excluding carboxylic acids is 1. The minimum Gasteiger partial charge on any atom is -0.484 e. The maximum atomic E-state index is 12.0. The molecule has 3 rings (SSSR count). The molecule has 0 aliphatic carbocycles. The fourth-order valence-corrected chi connectivity index (χ4v) is 2.48. The fourth-order valence-electron chi connectivity index (χ4n) is 2.48. The molecule has 1 aliphatic rings. The Morgan fingerprint density at radius 1 is 1.12 bits per heavy atom. The summed E-state index contributed by atoms with van der Waals surface area (Å²) in [6.45, 7) is 4.57. The highest BCUT2D eigenvalue weighted by Gasteiger charge is 2.16. The van der Waals surface area contributed by atoms with Crippen molar-refractivity contribution >= 4 is 17.8 Å². The molecule has 1 fully saturated rings. The zero-order chi connectivity index (χ0) is 17.5. The van der Waals surface area contributed by atoms with E-state index in [1.54, 1.807) is 4.90 Å². The third kappa shape index (κ3) is 5.16. The predicted octanol–water partition coefficient (Wildman–Crippen LogP) is 2.98. The van der Waals surface area contributed by atoms with Gasteiger partial charge in [-0.05, 0) is 48.9 Å². The summed E-state index contributed by atoms with van der Waals surface area (Å²) in [4.78, 5) is 18.3. The number of hydrogen-bond acceptors (Lipinski definition) is 4. The zero-order valence-corrected chi connectivity index (χ0v) is 14.4. The van der Waals surface area contributed by atoms with Gasteiger partial charge in [-0.2, -0.15) is 0 Å². The van der Waals surface area contributed by atoms with Gasteiger partial charge in [0.1, 0.15) is 5.75 Å². The summed E-state index contributed by atoms with van der Waals surface area (Å²) in [7, 11) is 0. The molecular weight excluding hydrogens is 316 g/mol. The van der Waals surface area contributed by atoms with Crippen molar-refractivity contribution < 1.29 is 14.3 Å². The molecule has 5 heteroatoms. The second kappa shape index (κ2) is 8.44. The minimum absolute atomic E-state index is 0.00619. The number of morpholine rings is 1. The lowest BCUT2D eigenvalue weighted by atomic mass is 10.2. The molecule has 25 heavy (non-hydrogen) atoms. The van der Waals surface area contributed by atoms with Gasteiger partial charge in [0, 0.05) is 19.3 Å². The summed E-state index contributed by atoms with van der Waals surface area (Å²) in [5, 5.41) is 0. The second-order valence-electron chi connectivity index (χ2n) is 5.94. The molecule has 1 heterocycles. The molecule has 2 aromatic carbocycles. The first kappa shape index (κ1) is 17.2. The Morgan fingerprint density at radius 2 is 1.80 bits per heavy atom. The summed E-state index contributed by atoms with van der Waals surface area (Å²) in [5.74, 6) is 0.669. The van der Waals surface area contributed by atoms with Crippen molar-refractivity contribution in [3.63, 3.8) is 0 Å². The lowest BCUT2D eigenvalue weighted by Gasteiger charge is -2.26. The fraction of sp³-hybridized carbons (Fsp3) is 0.300. The SMILES string of the molecule is Cc1ccc(N=Cc2ccc(OCC(=O)N3CCOCC3)cc2)cc1. The Morgan fingerprint density at radius 3 is 2.48 bits per heavy atom. The van der Waals surface area contributed by atoms with E-state index in [9.17, 15) is 4.79 Å². The first-order chi connectivity index (χ1) is 12.2. The van der Waals surface area contributed by atoms with E-state index < -0.39 is 0 Å². The van der Waals surface area contributed by atoms with Crippen molar-refractivity contribution in [3.8, 4) is 5.75 Å². The van der Waals surface area contributed by atoms with Crippen LogP contribution in [0.4, 0.5) is 5.69 Å². The first-order valence-electron chi connectivity index (χ1n) is 8.40. The number of rotatable bonds is 5. The number of aliphatic imine (C=N–C) groups is 1. The summed E-state index contributed by atoms with van der Waals surface area (Å²) in [5.41, 5.74) is 3.11. The molecule has 0 unspecified atom stereocenters. The molecule has 0 saturated carbocycles. The van der Waals surface area contributed by atoms with Crippen LogP contribution in [0.3, 0.4) is 0 Å². The Labute approximate surface area is 147 Å². The lowest BCUT2D eigenvalue weighted by Crippen LogP contribution is -2.42. The van der Waals surface area contributed by atoms with Crippen LogP contribution in [0.15, 0.2) is 53.5 Å². The largest absolute Gasteiger partial charge is 0.484 e. The average Bonchev–Trinajstić information content (AvgIpc) is 2.67. The molecule has 0 atom stereocenters. The number of amides is 1. The number of nitrogens with zero attached hydrogens (tertiary/aromatic N) is 2. The van der Waals surface area contributed by atoms with E-state index in [-0.39, 0.29) is 12.5 Å². The summed E-state index contributed by atoms with van der Waals surface area (Å²) >= 11 is 0. The number of aryl methyl sites for hydroxylation is 1. The van der Waals surface area contributed by atoms with Gasteiger partial charge >= 0.3 is 0 Å². The van der Waals surface area contributed by atoms with Crippen molar-refractivity contribution in [1.82, 2.24) is 4.90 Å². The minimum atomic E-state index is -0.00619. The Balaban J connectivity index is 1.51. The molecule has 0 bridgehead atoms. The van der Waals surface area contributed by atoms with Crippen molar-refractivity contribution in [1.29, 1.82) is 0 Å². The monoisotopic (exact) mass is 338 g/mol. The van der Waals surface area contributed by atoms with E-state index in [1.807, 2.05) is 54.7 Å². The van der Waals surface area contributed by atoms with Crippen LogP contribution in [0, 0.1) is 6.92 Å². The Hall–Kier alpha value is -2.66. The normalized spacial score (nSPS) is 14.7. The van der Waals surface area contributed by atoms with E-state index in [0.717, 1.165) is 11.3 Å². The van der Waals surface area contributed by atoms with Crippen molar-refractivity contribution in [2.45, 2.75) is 6.92 Å². The Kier molecular flexibility index (Phi) is 5.80. The van der Waals surface area contributed by atoms with Crippen LogP contribution in [0.5, 0.6) is 5.75 Å². The van der Waals surface area contributed by atoms with Crippen LogP contribution in [0.25, 0.3) is 0 Å². The molecule has 1 amide bonds. The molecule has 0 spiro atoms. The summed E-state index contributed by atoms with van der Waals surface area (Å²) in [6, 6.07) is 15.6. The standard InChI is InChI=1S/C20H22N2O3/c1-16-2-6-18(7-3-16)21-14-17-4-8-19(9-5-17)25-15-20(23)22-10-12-24-13-11-22/h2-9,14H,10-13,15H2,1H3. The molecule has 0 N–H and O–H groups in total. The Bertz CT molecular complexity index is 718. The highest BCUT2D eigenvalue weighted by Crippen LogP contribution is 2.15. The zero-order valence-electron chi connectivity index (χ0n) is 14.4. The molecule has 1 saturated heterocycles. The maximum Gasteiger partial charge on any atom is 0.260 e. The second-order valence-corrected chi connectivity index (χ2v) is 5.94. The number of benzene rings is 2. The van der Waals surface area contributed by atoms with Crippen LogP contribution in [-0.4, -0.2) is 49.9 Å². The van der Waals surface area contributed by atoms with Crippen LogP contribution in [0.2, 0.25) is 0 Å². The van der Waals surface area contributed by atoms with E-state index in [4.69, 9.17) is 9.47 Å². The molecule has 130 valence electrons. The van der Waals surface area contributed by atoms with Gasteiger partial charge in [0.2, 0.25) is 0 Å². The molecule has 0 radical (unpaired) electrons. The maximum absolute atomic E-state index is 12.0. The third-order valence-electron chi connectivity index (χ3n) is 4.00. The van der Waals surface area contributed by atoms with Gasteiger partial charge in [-0.1, -0.05) is 17.7 Å². The van der Waals surface area contributed by atoms with Gasteiger partial charge in [-0.25, -0.2) is 0 Å². The number of hydrogen-bond donors (Lipinski definition) is 0. The molecule has 5 nitrogen and oxygen atoms in total. The number of carbonyl (C=O) groups is 1. The van der Waals surface area contributed by atoms with Crippen LogP contribution in [-0.2, 0) is 9.53 Å². The topological polar surface area (TPSA) is 51.1 Å². The van der Waals surface area contributed by atoms with E-state index in [2.05, 4.69) is 11.9 Å². The quantitative estimate of drug-likeness (QED) is 0.788. The number of ether oxygens (including phenoxy) is 2. The van der Waals surface area contributed by atoms with Gasteiger partial charge in [0.05, 0.1) is 18.9 Å². The van der Waals surface area contributed by atoms with E-state index in [0.29, 0.717) is 32.1 Å². The van der Waals surface area contributed by atoms with Gasteiger partial charge in [0.15, 0.2) is 6.61 Å². The van der Waals surface area contributed by atoms with Crippen LogP contribution >= 0.6 is 0 Å². The first-order valence-corrected chi connectivity index (χ1v) is 8.40. The van der Waals surface area contributed by atoms with Gasteiger partial charge in [0.25, 0.3) is 5.91 Å². The summed E-state index contributed by atoms with van der Waals surface area (Å²) in [6.07, 6.45) is 1.81. The van der Waals surface area contributed by atoms with Crippen LogP contribution < -0.4 is 4.74 Å². The van der Waals surface area contributed by atoms with Crippen molar-refractivity contribution in [2.24, 2.45) is 4.99 Å². The summed E-state index contributed by atoms with van der Waals surface area (Å²) < 4.78 is 10.8. The third-order valence-corrected chi connectivity index (χ3v) is 4.00. The smallest absolute Gasteiger partial charge is 0.260 e. The lowest BCUT2D eigenvalue weighted by molar-refractivity contribution is -0.137. The van der Waals surface area contributed by atoms with Crippen molar-refractivity contribution in [2.75, 3.05) is 32.9 Å². The molecular formula is C20H22N2O3. The van der Waals surface area contributed by atoms with Crippen molar-refractivity contribution in [3.05, 3.63) is 59.7 Å². The average molecular weight is 338 g/mol. The molecule has 2 aromatic rings. The predicted molar refractivity (Wildman–Crippen MR) is 97.8 cm³/mol.